The van der Waals surface area contributed by atoms with E-state index in [0.717, 1.165) is 66.7 Å². The van der Waals surface area contributed by atoms with Crippen molar-refractivity contribution in [1.29, 1.82) is 0 Å². The van der Waals surface area contributed by atoms with Crippen LogP contribution in [0.1, 0.15) is 97.0 Å². The first-order valence-corrected chi connectivity index (χ1v) is 14.4. The number of aromatic nitrogens is 4. The Labute approximate surface area is 225 Å². The molecule has 0 radical (unpaired) electrons. The number of fused-ring (bicyclic) bond motifs is 1. The average molecular weight is 511 g/mol. The van der Waals surface area contributed by atoms with Gasteiger partial charge in [0.1, 0.15) is 12.2 Å². The molecule has 0 unspecified atom stereocenters. The van der Waals surface area contributed by atoms with Crippen molar-refractivity contribution in [2.45, 2.75) is 76.8 Å². The third-order valence-electron chi connectivity index (χ3n) is 9.34. The van der Waals surface area contributed by atoms with Gasteiger partial charge in [0.05, 0.1) is 17.7 Å². The van der Waals surface area contributed by atoms with Gasteiger partial charge >= 0.3 is 0 Å². The maximum atomic E-state index is 13.9. The zero-order valence-electron chi connectivity index (χ0n) is 22.9. The number of pyridine rings is 1. The van der Waals surface area contributed by atoms with E-state index in [4.69, 9.17) is 4.98 Å². The molecule has 2 aromatic heterocycles. The summed E-state index contributed by atoms with van der Waals surface area (Å²) in [5, 5.41) is 8.70. The fourth-order valence-corrected chi connectivity index (χ4v) is 7.39. The topological polar surface area (TPSA) is 67.2 Å². The van der Waals surface area contributed by atoms with E-state index in [1.54, 1.807) is 6.33 Å². The van der Waals surface area contributed by atoms with Crippen molar-refractivity contribution in [2.75, 3.05) is 18.0 Å². The van der Waals surface area contributed by atoms with Gasteiger partial charge in [0, 0.05) is 48.6 Å². The predicted octanol–water partition coefficient (Wildman–Crippen LogP) is 5.20. The summed E-state index contributed by atoms with van der Waals surface area (Å²) in [6, 6.07) is 10.7. The van der Waals surface area contributed by atoms with E-state index >= 15 is 0 Å². The molecular weight excluding hydrogens is 472 g/mol. The van der Waals surface area contributed by atoms with E-state index in [1.165, 1.54) is 36.9 Å². The molecule has 2 aliphatic heterocycles. The number of anilines is 1. The van der Waals surface area contributed by atoms with Crippen molar-refractivity contribution in [1.82, 2.24) is 24.6 Å². The number of piperidine rings is 1. The number of benzene rings is 1. The highest BCUT2D eigenvalue weighted by atomic mass is 16.2. The summed E-state index contributed by atoms with van der Waals surface area (Å²) < 4.78 is 2.05. The van der Waals surface area contributed by atoms with E-state index < -0.39 is 0 Å². The molecule has 1 atom stereocenters. The van der Waals surface area contributed by atoms with Crippen molar-refractivity contribution in [3.63, 3.8) is 0 Å². The first-order valence-electron chi connectivity index (χ1n) is 14.4. The first kappa shape index (κ1) is 24.0. The highest BCUT2D eigenvalue weighted by molar-refractivity contribution is 6.10. The fourth-order valence-electron chi connectivity index (χ4n) is 7.39. The molecule has 2 aliphatic carbocycles. The largest absolute Gasteiger partial charge is 0.320 e. The second-order valence-electron chi connectivity index (χ2n) is 12.6. The molecule has 0 N–H and O–H groups in total. The van der Waals surface area contributed by atoms with Gasteiger partial charge in [-0.3, -0.25) is 14.7 Å². The Bertz CT molecular complexity index is 1380. The summed E-state index contributed by atoms with van der Waals surface area (Å²) in [6.45, 7) is 8.35. The Kier molecular flexibility index (Phi) is 5.69. The smallest absolute Gasteiger partial charge is 0.259 e. The third kappa shape index (κ3) is 3.98. The second-order valence-corrected chi connectivity index (χ2v) is 12.6. The first-order chi connectivity index (χ1) is 18.4. The van der Waals surface area contributed by atoms with Crippen LogP contribution in [-0.4, -0.2) is 43.6 Å². The van der Waals surface area contributed by atoms with Gasteiger partial charge in [-0.1, -0.05) is 26.0 Å². The van der Waals surface area contributed by atoms with Crippen LogP contribution in [0.2, 0.25) is 0 Å². The molecule has 1 amide bonds. The average Bonchev–Trinajstić information content (AvgIpc) is 3.57. The molecule has 38 heavy (non-hydrogen) atoms. The van der Waals surface area contributed by atoms with E-state index in [-0.39, 0.29) is 11.3 Å². The van der Waals surface area contributed by atoms with E-state index in [0.29, 0.717) is 18.4 Å². The van der Waals surface area contributed by atoms with Crippen molar-refractivity contribution in [3.8, 4) is 0 Å². The quantitative estimate of drug-likeness (QED) is 0.456. The molecule has 4 heterocycles. The van der Waals surface area contributed by atoms with Crippen molar-refractivity contribution in [3.05, 3.63) is 70.6 Å². The SMILES string of the molecule is C[C@H]1CCCN(Cc2cc3c(c(C4CC4)n2)CN(c2cccc([C@]4(c5nncn5C)C[C@@H](C)C4)c2)C3=O)C1. The molecule has 7 heteroatoms. The maximum absolute atomic E-state index is 13.9. The summed E-state index contributed by atoms with van der Waals surface area (Å²) in [4.78, 5) is 23.6. The molecule has 3 aromatic rings. The Morgan fingerprint density at radius 3 is 2.63 bits per heavy atom. The van der Waals surface area contributed by atoms with Crippen LogP contribution < -0.4 is 4.90 Å². The molecule has 198 valence electrons. The number of rotatable bonds is 6. The Balaban J connectivity index is 1.21. The number of likely N-dealkylation sites (tertiary alicyclic amines) is 1. The Hall–Kier alpha value is -3.06. The summed E-state index contributed by atoms with van der Waals surface area (Å²) in [7, 11) is 2.03. The minimum absolute atomic E-state index is 0.115. The summed E-state index contributed by atoms with van der Waals surface area (Å²) in [5.41, 5.74) is 6.32. The number of hydrogen-bond acceptors (Lipinski definition) is 5. The number of carbonyl (C=O) groups is 1. The lowest BCUT2D eigenvalue weighted by Crippen LogP contribution is -2.43. The van der Waals surface area contributed by atoms with E-state index in [9.17, 15) is 4.79 Å². The lowest BCUT2D eigenvalue weighted by atomic mass is 9.58. The minimum Gasteiger partial charge on any atom is -0.320 e. The van der Waals surface area contributed by atoms with Gasteiger partial charge in [0.2, 0.25) is 0 Å². The molecule has 7 nitrogen and oxygen atoms in total. The van der Waals surface area contributed by atoms with E-state index in [2.05, 4.69) is 59.3 Å². The number of amides is 1. The van der Waals surface area contributed by atoms with Crippen LogP contribution in [0.25, 0.3) is 0 Å². The zero-order chi connectivity index (χ0) is 26.0. The molecule has 3 fully saturated rings. The van der Waals surface area contributed by atoms with Crippen LogP contribution >= 0.6 is 0 Å². The minimum atomic E-state index is -0.143. The van der Waals surface area contributed by atoms with Crippen LogP contribution in [-0.2, 0) is 25.6 Å². The van der Waals surface area contributed by atoms with Gasteiger partial charge in [-0.25, -0.2) is 0 Å². The number of carbonyl (C=O) groups excluding carboxylic acids is 1. The Morgan fingerprint density at radius 2 is 1.92 bits per heavy atom. The fraction of sp³-hybridized carbons (Fsp3) is 0.548. The number of aryl methyl sites for hydroxylation is 1. The molecular formula is C31H38N6O. The molecule has 1 saturated heterocycles. The van der Waals surface area contributed by atoms with Crippen LogP contribution in [0.5, 0.6) is 0 Å². The van der Waals surface area contributed by atoms with Crippen LogP contribution in [0, 0.1) is 11.8 Å². The lowest BCUT2D eigenvalue weighted by molar-refractivity contribution is 0.0996. The van der Waals surface area contributed by atoms with Gasteiger partial charge in [-0.05, 0) is 80.7 Å². The van der Waals surface area contributed by atoms with Crippen LogP contribution in [0.4, 0.5) is 5.69 Å². The second kappa shape index (κ2) is 9.01. The highest BCUT2D eigenvalue weighted by Crippen LogP contribution is 2.52. The summed E-state index contributed by atoms with van der Waals surface area (Å²) in [6.07, 6.45) is 8.82. The van der Waals surface area contributed by atoms with E-state index in [1.807, 2.05) is 16.5 Å². The Morgan fingerprint density at radius 1 is 1.08 bits per heavy atom. The predicted molar refractivity (Wildman–Crippen MR) is 147 cm³/mol. The number of hydrogen-bond donors (Lipinski definition) is 0. The van der Waals surface area contributed by atoms with Crippen LogP contribution in [0.15, 0.2) is 36.7 Å². The monoisotopic (exact) mass is 510 g/mol. The van der Waals surface area contributed by atoms with Gasteiger partial charge < -0.3 is 9.47 Å². The highest BCUT2D eigenvalue weighted by Gasteiger charge is 2.48. The molecule has 0 bridgehead atoms. The molecule has 2 saturated carbocycles. The van der Waals surface area contributed by atoms with Crippen molar-refractivity contribution in [2.24, 2.45) is 18.9 Å². The van der Waals surface area contributed by atoms with Gasteiger partial charge in [-0.15, -0.1) is 10.2 Å². The normalized spacial score (nSPS) is 27.4. The standard InChI is InChI=1S/C31H38N6O/c1-20-6-5-11-36(16-20)17-24-13-26-27(28(33-24)22-9-10-22)18-37(29(26)38)25-8-4-7-23(12-25)31(14-21(2)15-31)30-34-32-19-35(30)3/h4,7-8,12-13,19-22H,5-6,9-11,14-18H2,1-3H3/t20-,21-,31+/m0/s1. The summed E-state index contributed by atoms with van der Waals surface area (Å²) >= 11 is 0. The molecule has 0 spiro atoms. The maximum Gasteiger partial charge on any atom is 0.259 e. The zero-order valence-corrected chi connectivity index (χ0v) is 22.9. The van der Waals surface area contributed by atoms with Gasteiger partial charge in [0.15, 0.2) is 0 Å². The van der Waals surface area contributed by atoms with Crippen molar-refractivity contribution >= 4 is 11.6 Å². The van der Waals surface area contributed by atoms with Crippen molar-refractivity contribution < 1.29 is 4.79 Å². The lowest BCUT2D eigenvalue weighted by Gasteiger charge is -2.46. The summed E-state index contributed by atoms with van der Waals surface area (Å²) in [5.74, 6) is 3.01. The molecule has 1 aromatic carbocycles. The van der Waals surface area contributed by atoms with Gasteiger partial charge in [-0.2, -0.15) is 0 Å². The van der Waals surface area contributed by atoms with Crippen LogP contribution in [0.3, 0.4) is 0 Å². The third-order valence-corrected chi connectivity index (χ3v) is 9.34. The molecule has 7 rings (SSSR count). The number of nitrogens with zero attached hydrogens (tertiary/aromatic N) is 6. The molecule has 4 aliphatic rings. The van der Waals surface area contributed by atoms with Gasteiger partial charge in [0.25, 0.3) is 5.91 Å².